The van der Waals surface area contributed by atoms with Gasteiger partial charge in [0.1, 0.15) is 0 Å². The molecule has 3 rings (SSSR count). The van der Waals surface area contributed by atoms with E-state index in [9.17, 15) is 18.0 Å². The van der Waals surface area contributed by atoms with Crippen molar-refractivity contribution < 1.29 is 8.42 Å². The largest absolute Gasteiger partial charge is 0.330 e. The highest BCUT2D eigenvalue weighted by atomic mass is 32.2. The van der Waals surface area contributed by atoms with Gasteiger partial charge in [-0.2, -0.15) is 4.31 Å². The smallest absolute Gasteiger partial charge is 0.326 e. The number of aromatic nitrogens is 2. The molecule has 0 aliphatic carbocycles. The molecule has 0 saturated carbocycles. The summed E-state index contributed by atoms with van der Waals surface area (Å²) in [5.41, 5.74) is 4.54. The van der Waals surface area contributed by atoms with Gasteiger partial charge in [-0.3, -0.25) is 9.78 Å². The number of hydrogen-bond donors (Lipinski definition) is 3. The number of H-pyrrole nitrogens is 2. The Morgan fingerprint density at radius 2 is 2.04 bits per heavy atom. The van der Waals surface area contributed by atoms with Crippen LogP contribution >= 0.6 is 0 Å². The SMILES string of the molecule is CC1(CN)CCN(S(=O)(=O)c2ccc3[nH]c(=O)[nH]c(=O)c3c2)C1. The Hall–Kier alpha value is -1.97. The monoisotopic (exact) mass is 338 g/mol. The van der Waals surface area contributed by atoms with Gasteiger partial charge < -0.3 is 10.7 Å². The van der Waals surface area contributed by atoms with Crippen LogP contribution in [0.4, 0.5) is 0 Å². The number of aromatic amines is 2. The lowest BCUT2D eigenvalue weighted by molar-refractivity contribution is 0.349. The molecule has 4 N–H and O–H groups in total. The minimum absolute atomic E-state index is 0.0313. The summed E-state index contributed by atoms with van der Waals surface area (Å²) < 4.78 is 26.9. The molecule has 0 spiro atoms. The van der Waals surface area contributed by atoms with Crippen LogP contribution in [-0.2, 0) is 10.0 Å². The molecule has 23 heavy (non-hydrogen) atoms. The van der Waals surface area contributed by atoms with E-state index in [2.05, 4.69) is 9.97 Å². The third-order valence-corrected chi connectivity index (χ3v) is 6.21. The summed E-state index contributed by atoms with van der Waals surface area (Å²) in [5, 5.41) is 0.131. The Balaban J connectivity index is 2.06. The van der Waals surface area contributed by atoms with Crippen molar-refractivity contribution in [1.82, 2.24) is 14.3 Å². The molecule has 1 aromatic carbocycles. The first-order valence-corrected chi connectivity index (χ1v) is 8.66. The van der Waals surface area contributed by atoms with Crippen molar-refractivity contribution in [3.05, 3.63) is 39.0 Å². The zero-order valence-corrected chi connectivity index (χ0v) is 13.4. The average molecular weight is 338 g/mol. The van der Waals surface area contributed by atoms with Gasteiger partial charge in [0.05, 0.1) is 15.8 Å². The van der Waals surface area contributed by atoms with Gasteiger partial charge in [-0.1, -0.05) is 6.92 Å². The lowest BCUT2D eigenvalue weighted by Crippen LogP contribution is -2.34. The number of nitrogens with one attached hydrogen (secondary N) is 2. The third kappa shape index (κ3) is 2.71. The number of rotatable bonds is 3. The van der Waals surface area contributed by atoms with E-state index in [1.807, 2.05) is 6.92 Å². The molecule has 2 heterocycles. The predicted molar refractivity (Wildman–Crippen MR) is 85.7 cm³/mol. The second-order valence-electron chi connectivity index (χ2n) is 6.22. The highest BCUT2D eigenvalue weighted by molar-refractivity contribution is 7.89. The van der Waals surface area contributed by atoms with E-state index in [4.69, 9.17) is 5.73 Å². The maximum Gasteiger partial charge on any atom is 0.326 e. The van der Waals surface area contributed by atoms with E-state index in [1.54, 1.807) is 0 Å². The Labute approximate surface area is 132 Å². The second kappa shape index (κ2) is 5.29. The van der Waals surface area contributed by atoms with E-state index in [1.165, 1.54) is 22.5 Å². The molecule has 8 nitrogen and oxygen atoms in total. The topological polar surface area (TPSA) is 129 Å². The van der Waals surface area contributed by atoms with E-state index in [0.717, 1.165) is 0 Å². The number of hydrogen-bond acceptors (Lipinski definition) is 5. The number of fused-ring (bicyclic) bond motifs is 1. The minimum atomic E-state index is -3.71. The molecule has 1 aromatic heterocycles. The van der Waals surface area contributed by atoms with Crippen LogP contribution in [0.25, 0.3) is 10.9 Å². The fourth-order valence-corrected chi connectivity index (χ4v) is 4.42. The Bertz CT molecular complexity index is 978. The average Bonchev–Trinajstić information content (AvgIpc) is 2.91. The fraction of sp³-hybridized carbons (Fsp3) is 0.429. The maximum absolute atomic E-state index is 12.8. The van der Waals surface area contributed by atoms with E-state index in [-0.39, 0.29) is 15.7 Å². The fourth-order valence-electron chi connectivity index (χ4n) is 2.80. The van der Waals surface area contributed by atoms with Crippen molar-refractivity contribution in [3.8, 4) is 0 Å². The molecule has 1 aliphatic heterocycles. The molecular weight excluding hydrogens is 320 g/mol. The van der Waals surface area contributed by atoms with Crippen LogP contribution in [0.1, 0.15) is 13.3 Å². The zero-order chi connectivity index (χ0) is 16.8. The van der Waals surface area contributed by atoms with Crippen molar-refractivity contribution in [2.24, 2.45) is 11.1 Å². The highest BCUT2D eigenvalue weighted by Gasteiger charge is 2.39. The van der Waals surface area contributed by atoms with Crippen molar-refractivity contribution in [1.29, 1.82) is 0 Å². The van der Waals surface area contributed by atoms with Crippen molar-refractivity contribution in [3.63, 3.8) is 0 Å². The molecule has 1 unspecified atom stereocenters. The highest BCUT2D eigenvalue weighted by Crippen LogP contribution is 2.32. The molecule has 0 bridgehead atoms. The minimum Gasteiger partial charge on any atom is -0.330 e. The van der Waals surface area contributed by atoms with Crippen LogP contribution in [0.5, 0.6) is 0 Å². The molecule has 124 valence electrons. The van der Waals surface area contributed by atoms with Crippen molar-refractivity contribution in [2.45, 2.75) is 18.2 Å². The molecule has 1 atom stereocenters. The summed E-state index contributed by atoms with van der Waals surface area (Å²) >= 11 is 0. The molecule has 0 amide bonds. The summed E-state index contributed by atoms with van der Waals surface area (Å²) in [4.78, 5) is 27.7. The molecule has 1 aliphatic rings. The van der Waals surface area contributed by atoms with Crippen LogP contribution in [0.3, 0.4) is 0 Å². The van der Waals surface area contributed by atoms with Gasteiger partial charge >= 0.3 is 5.69 Å². The third-order valence-electron chi connectivity index (χ3n) is 4.36. The number of nitrogens with two attached hydrogens (primary N) is 1. The first-order chi connectivity index (χ1) is 10.7. The van der Waals surface area contributed by atoms with E-state index >= 15 is 0 Å². The Kier molecular flexibility index (Phi) is 3.66. The molecule has 9 heteroatoms. The molecule has 1 fully saturated rings. The molecule has 0 radical (unpaired) electrons. The summed E-state index contributed by atoms with van der Waals surface area (Å²) in [6, 6.07) is 4.11. The van der Waals surface area contributed by atoms with E-state index in [0.29, 0.717) is 31.6 Å². The van der Waals surface area contributed by atoms with Crippen molar-refractivity contribution in [2.75, 3.05) is 19.6 Å². The van der Waals surface area contributed by atoms with E-state index < -0.39 is 21.3 Å². The predicted octanol–water partition coefficient (Wildman–Crippen LogP) is -0.424. The number of nitrogens with zero attached hydrogens (tertiary/aromatic N) is 1. The quantitative estimate of drug-likeness (QED) is 0.700. The van der Waals surface area contributed by atoms with Gasteiger partial charge in [-0.15, -0.1) is 0 Å². The van der Waals surface area contributed by atoms with Crippen LogP contribution in [0, 0.1) is 5.41 Å². The summed E-state index contributed by atoms with van der Waals surface area (Å²) in [7, 11) is -3.71. The normalized spacial score (nSPS) is 22.7. The molecule has 2 aromatic rings. The van der Waals surface area contributed by atoms with Gasteiger partial charge in [0.2, 0.25) is 10.0 Å². The van der Waals surface area contributed by atoms with Gasteiger partial charge in [0.15, 0.2) is 0 Å². The van der Waals surface area contributed by atoms with Crippen LogP contribution < -0.4 is 17.0 Å². The summed E-state index contributed by atoms with van der Waals surface area (Å²) in [6.07, 6.45) is 0.699. The van der Waals surface area contributed by atoms with Crippen molar-refractivity contribution >= 4 is 20.9 Å². The Morgan fingerprint density at radius 3 is 2.70 bits per heavy atom. The van der Waals surface area contributed by atoms with Gasteiger partial charge in [-0.25, -0.2) is 13.2 Å². The Morgan fingerprint density at radius 1 is 1.30 bits per heavy atom. The van der Waals surface area contributed by atoms with Crippen LogP contribution in [-0.4, -0.2) is 42.3 Å². The number of sulfonamides is 1. The van der Waals surface area contributed by atoms with Gasteiger partial charge in [0.25, 0.3) is 5.56 Å². The molecular formula is C14H18N4O4S. The maximum atomic E-state index is 12.8. The lowest BCUT2D eigenvalue weighted by Gasteiger charge is -2.22. The summed E-state index contributed by atoms with van der Waals surface area (Å²) in [5.74, 6) is 0. The standard InChI is InChI=1S/C14H18N4O4S/c1-14(7-15)4-5-18(8-14)23(21,22)9-2-3-11-10(6-9)12(19)17-13(20)16-11/h2-3,6H,4-5,7-8,15H2,1H3,(H2,16,17,19,20). The molecule has 1 saturated heterocycles. The first kappa shape index (κ1) is 15.9. The van der Waals surface area contributed by atoms with Gasteiger partial charge in [-0.05, 0) is 36.6 Å². The van der Waals surface area contributed by atoms with Gasteiger partial charge in [0, 0.05) is 13.1 Å². The van der Waals surface area contributed by atoms with Crippen LogP contribution in [0.15, 0.2) is 32.7 Å². The lowest BCUT2D eigenvalue weighted by atomic mass is 9.90. The first-order valence-electron chi connectivity index (χ1n) is 7.22. The number of benzene rings is 1. The second-order valence-corrected chi connectivity index (χ2v) is 8.16. The zero-order valence-electron chi connectivity index (χ0n) is 12.6. The van der Waals surface area contributed by atoms with Crippen LogP contribution in [0.2, 0.25) is 0 Å². The summed E-state index contributed by atoms with van der Waals surface area (Å²) in [6.45, 7) is 3.12.